The van der Waals surface area contributed by atoms with Crippen LogP contribution in [0.15, 0.2) is 47.4 Å². The minimum Gasteiger partial charge on any atom is -0.508 e. The van der Waals surface area contributed by atoms with Gasteiger partial charge in [-0.25, -0.2) is 9.18 Å². The van der Waals surface area contributed by atoms with E-state index < -0.39 is 59.3 Å². The summed E-state index contributed by atoms with van der Waals surface area (Å²) in [6, 6.07) is 3.35. The number of phenols is 1. The van der Waals surface area contributed by atoms with Crippen molar-refractivity contribution in [3.05, 3.63) is 53.0 Å². The van der Waals surface area contributed by atoms with E-state index in [0.29, 0.717) is 5.56 Å². The quantitative estimate of drug-likeness (QED) is 0.491. The highest BCUT2D eigenvalue weighted by molar-refractivity contribution is 8.00. The van der Waals surface area contributed by atoms with Crippen LogP contribution in [0.4, 0.5) is 13.2 Å². The van der Waals surface area contributed by atoms with Crippen molar-refractivity contribution >= 4 is 29.5 Å². The Balaban J connectivity index is 1.75. The molecule has 5 N–H and O–H groups in total. The Bertz CT molecular complexity index is 962. The monoisotopic (exact) mass is 443 g/mol. The molecule has 0 bridgehead atoms. The average Bonchev–Trinajstić information content (AvgIpc) is 2.71. The van der Waals surface area contributed by atoms with E-state index in [1.807, 2.05) is 0 Å². The number of nitrogens with one attached hydrogen (secondary N) is 1. The Labute approximate surface area is 172 Å². The largest absolute Gasteiger partial charge is 0.508 e. The molecule has 2 unspecified atom stereocenters. The van der Waals surface area contributed by atoms with Gasteiger partial charge in [-0.3, -0.25) is 14.5 Å². The number of carboxylic acids is 1. The number of aliphatic carboxylic acids is 1. The van der Waals surface area contributed by atoms with Crippen molar-refractivity contribution in [2.75, 3.05) is 5.75 Å². The topological polar surface area (TPSA) is 133 Å². The van der Waals surface area contributed by atoms with Gasteiger partial charge in [0.05, 0.1) is 0 Å². The second-order valence-corrected chi connectivity index (χ2v) is 7.67. The molecule has 1 saturated heterocycles. The van der Waals surface area contributed by atoms with Gasteiger partial charge in [-0.05, 0) is 23.3 Å². The Hall–Kier alpha value is -2.99. The minimum atomic E-state index is -2.55. The molecule has 8 nitrogen and oxygen atoms in total. The number of carbonyl (C=O) groups excluding carboxylic acids is 2. The van der Waals surface area contributed by atoms with E-state index in [2.05, 4.69) is 5.32 Å². The molecule has 0 spiro atoms. The van der Waals surface area contributed by atoms with Crippen LogP contribution >= 0.6 is 11.8 Å². The predicted molar refractivity (Wildman–Crippen MR) is 99.7 cm³/mol. The summed E-state index contributed by atoms with van der Waals surface area (Å²) in [5.41, 5.74) is 5.53. The van der Waals surface area contributed by atoms with Crippen LogP contribution in [0.25, 0.3) is 0 Å². The van der Waals surface area contributed by atoms with Crippen molar-refractivity contribution in [3.8, 4) is 5.75 Å². The maximum Gasteiger partial charge on any atom is 0.352 e. The van der Waals surface area contributed by atoms with Crippen LogP contribution in [0.3, 0.4) is 0 Å². The van der Waals surface area contributed by atoms with E-state index in [1.54, 1.807) is 0 Å². The average molecular weight is 443 g/mol. The van der Waals surface area contributed by atoms with Crippen LogP contribution in [-0.2, 0) is 14.4 Å². The zero-order valence-electron chi connectivity index (χ0n) is 15.1. The van der Waals surface area contributed by atoms with Gasteiger partial charge in [-0.1, -0.05) is 12.1 Å². The van der Waals surface area contributed by atoms with Gasteiger partial charge in [0.15, 0.2) is 5.83 Å². The summed E-state index contributed by atoms with van der Waals surface area (Å²) in [5, 5.41) is 20.4. The van der Waals surface area contributed by atoms with E-state index in [9.17, 15) is 37.8 Å². The molecule has 12 heteroatoms. The molecular weight excluding hydrogens is 427 g/mol. The Morgan fingerprint density at radius 2 is 1.90 bits per heavy atom. The van der Waals surface area contributed by atoms with Crippen molar-refractivity contribution < 1.29 is 37.8 Å². The fourth-order valence-corrected chi connectivity index (χ4v) is 4.50. The number of nitrogens with two attached hydrogens (primary N) is 1. The second-order valence-electron chi connectivity index (χ2n) is 6.56. The Morgan fingerprint density at radius 3 is 2.47 bits per heavy atom. The highest BCUT2D eigenvalue weighted by atomic mass is 32.2. The molecule has 1 fully saturated rings. The summed E-state index contributed by atoms with van der Waals surface area (Å²) in [5.74, 6) is -4.90. The third kappa shape index (κ3) is 4.00. The lowest BCUT2D eigenvalue weighted by Gasteiger charge is -2.49. The number of allylic oxidation sites excluding steroid dienone is 1. The predicted octanol–water partition coefficient (Wildman–Crippen LogP) is 1.60. The third-order valence-electron chi connectivity index (χ3n) is 4.66. The molecule has 1 aromatic rings. The van der Waals surface area contributed by atoms with Gasteiger partial charge in [0.2, 0.25) is 5.91 Å². The summed E-state index contributed by atoms with van der Waals surface area (Å²) in [6.07, 6.45) is -3.47. The minimum absolute atomic E-state index is 0.0162. The van der Waals surface area contributed by atoms with Gasteiger partial charge in [-0.15, -0.1) is 11.8 Å². The number of rotatable bonds is 6. The van der Waals surface area contributed by atoms with E-state index in [0.717, 1.165) is 16.7 Å². The van der Waals surface area contributed by atoms with Crippen molar-refractivity contribution in [2.24, 2.45) is 5.73 Å². The number of nitrogens with zero attached hydrogens (tertiary/aromatic N) is 1. The fraction of sp³-hybridized carbons (Fsp3) is 0.278. The maximum absolute atomic E-state index is 13.3. The van der Waals surface area contributed by atoms with Gasteiger partial charge < -0.3 is 21.3 Å². The number of hydrogen-bond acceptors (Lipinski definition) is 6. The first-order valence-electron chi connectivity index (χ1n) is 8.56. The highest BCUT2D eigenvalue weighted by Crippen LogP contribution is 2.42. The lowest BCUT2D eigenvalue weighted by Crippen LogP contribution is -2.71. The third-order valence-corrected chi connectivity index (χ3v) is 6.00. The van der Waals surface area contributed by atoms with Crippen LogP contribution in [-0.4, -0.2) is 50.1 Å². The normalized spacial score (nSPS) is 21.5. The summed E-state index contributed by atoms with van der Waals surface area (Å²) in [7, 11) is 0. The summed E-state index contributed by atoms with van der Waals surface area (Å²) < 4.78 is 38.1. The summed E-state index contributed by atoms with van der Waals surface area (Å²) in [4.78, 5) is 37.3. The number of benzene rings is 1. The van der Waals surface area contributed by atoms with E-state index >= 15 is 0 Å². The number of amides is 2. The lowest BCUT2D eigenvalue weighted by atomic mass is 10.00. The molecule has 160 valence electrons. The maximum atomic E-state index is 13.3. The Morgan fingerprint density at radius 1 is 1.27 bits per heavy atom. The van der Waals surface area contributed by atoms with Gasteiger partial charge in [-0.2, -0.15) is 8.78 Å². The van der Waals surface area contributed by atoms with E-state index in [-0.39, 0.29) is 17.1 Å². The first-order chi connectivity index (χ1) is 14.1. The van der Waals surface area contributed by atoms with Crippen molar-refractivity contribution in [2.45, 2.75) is 23.9 Å². The van der Waals surface area contributed by atoms with Crippen LogP contribution in [0.5, 0.6) is 5.75 Å². The van der Waals surface area contributed by atoms with Crippen LogP contribution in [0.1, 0.15) is 18.0 Å². The number of thioether (sulfide) groups is 1. The number of halogens is 3. The molecule has 0 radical (unpaired) electrons. The molecule has 1 aromatic carbocycles. The molecule has 3 rings (SSSR count). The highest BCUT2D eigenvalue weighted by Gasteiger charge is 2.54. The number of hydrogen-bond donors (Lipinski definition) is 4. The Kier molecular flexibility index (Phi) is 6.08. The molecule has 0 aromatic heterocycles. The van der Waals surface area contributed by atoms with Crippen molar-refractivity contribution in [1.82, 2.24) is 10.2 Å². The standard InChI is InChI=1S/C18H16F3N3O5S/c19-10(14(20)21)5-8-6-30-17-12(16(27)24(17)13(8)18(28)29)23-15(26)11(22)7-1-3-9(25)4-2-7/h1-4,11-12,17,25H,5-6,22H2,(H,23,26)(H,28,29)/t11?,12?,17-/m1/s1. The summed E-state index contributed by atoms with van der Waals surface area (Å²) >= 11 is 1.02. The number of β-lactam (4-membered cyclic amide) rings is 1. The molecule has 3 atom stereocenters. The zero-order valence-corrected chi connectivity index (χ0v) is 16.0. The first kappa shape index (κ1) is 21.7. The molecule has 0 saturated carbocycles. The molecule has 30 heavy (non-hydrogen) atoms. The van der Waals surface area contributed by atoms with Crippen LogP contribution in [0.2, 0.25) is 0 Å². The number of carboxylic acid groups (broad SMARTS) is 1. The van der Waals surface area contributed by atoms with Gasteiger partial charge in [0.25, 0.3) is 5.91 Å². The number of carbonyl (C=O) groups is 3. The number of phenolic OH excluding ortho intramolecular Hbond substituents is 1. The van der Waals surface area contributed by atoms with Crippen molar-refractivity contribution in [1.29, 1.82) is 0 Å². The van der Waals surface area contributed by atoms with Crippen molar-refractivity contribution in [3.63, 3.8) is 0 Å². The first-order valence-corrected chi connectivity index (χ1v) is 9.61. The molecule has 2 amide bonds. The van der Waals surface area contributed by atoms with E-state index in [4.69, 9.17) is 5.73 Å². The number of aromatic hydroxyl groups is 1. The lowest BCUT2D eigenvalue weighted by molar-refractivity contribution is -0.150. The summed E-state index contributed by atoms with van der Waals surface area (Å²) in [6.45, 7) is 0. The number of fused-ring (bicyclic) bond motifs is 1. The van der Waals surface area contributed by atoms with Gasteiger partial charge in [0, 0.05) is 12.2 Å². The van der Waals surface area contributed by atoms with Gasteiger partial charge >= 0.3 is 12.0 Å². The second kappa shape index (κ2) is 8.40. The van der Waals surface area contributed by atoms with Gasteiger partial charge in [0.1, 0.15) is 28.9 Å². The fourth-order valence-electron chi connectivity index (χ4n) is 3.15. The van der Waals surface area contributed by atoms with E-state index in [1.165, 1.54) is 24.3 Å². The molecule has 2 aliphatic rings. The zero-order chi connectivity index (χ0) is 22.2. The molecule has 0 aliphatic carbocycles. The molecular formula is C18H16F3N3O5S. The molecule has 2 heterocycles. The SMILES string of the molecule is NC(C(=O)NC1C(=O)N2C(C(=O)O)=C(CC(F)=C(F)F)CS[C@H]12)c1ccc(O)cc1. The molecule has 2 aliphatic heterocycles. The smallest absolute Gasteiger partial charge is 0.352 e. The van der Waals surface area contributed by atoms with Crippen LogP contribution in [0, 0.1) is 0 Å². The van der Waals surface area contributed by atoms with Crippen LogP contribution < -0.4 is 11.1 Å².